The lowest BCUT2D eigenvalue weighted by molar-refractivity contribution is -0.986. The van der Waals surface area contributed by atoms with Gasteiger partial charge in [-0.15, -0.1) is 0 Å². The summed E-state index contributed by atoms with van der Waals surface area (Å²) in [6.45, 7) is 0. The van der Waals surface area contributed by atoms with E-state index in [2.05, 4.69) is 7.05 Å². The van der Waals surface area contributed by atoms with Crippen LogP contribution in [-0.4, -0.2) is 29.2 Å². The van der Waals surface area contributed by atoms with Crippen LogP contribution in [0.25, 0.3) is 0 Å². The maximum absolute atomic E-state index is 2.65. The molecule has 76 valence electrons. The van der Waals surface area contributed by atoms with Gasteiger partial charge in [0.15, 0.2) is 0 Å². The summed E-state index contributed by atoms with van der Waals surface area (Å²) in [5.41, 5.74) is 0.834. The lowest BCUT2D eigenvalue weighted by Gasteiger charge is -2.57. The van der Waals surface area contributed by atoms with Crippen molar-refractivity contribution in [2.75, 3.05) is 7.05 Å². The first-order valence-electron chi connectivity index (χ1n) is 6.63. The van der Waals surface area contributed by atoms with Gasteiger partial charge in [0.25, 0.3) is 0 Å². The van der Waals surface area contributed by atoms with Gasteiger partial charge in [0.1, 0.15) is 5.54 Å². The molecule has 5 saturated heterocycles. The third-order valence-electron chi connectivity index (χ3n) is 7.44. The first-order valence-corrected chi connectivity index (χ1v) is 6.63. The minimum absolute atomic E-state index is 0.834. The van der Waals surface area contributed by atoms with Crippen LogP contribution in [0, 0.1) is 17.8 Å². The van der Waals surface area contributed by atoms with E-state index in [9.17, 15) is 0 Å². The normalized spacial score (nSPS) is 76.5. The highest BCUT2D eigenvalue weighted by molar-refractivity contribution is 5.20. The Morgan fingerprint density at radius 2 is 1.50 bits per heavy atom. The Balaban J connectivity index is 1.87. The predicted molar refractivity (Wildman–Crippen MR) is 54.7 cm³/mol. The van der Waals surface area contributed by atoms with Crippen LogP contribution in [-0.2, 0) is 0 Å². The van der Waals surface area contributed by atoms with Gasteiger partial charge in [0, 0.05) is 43.4 Å². The fourth-order valence-corrected chi connectivity index (χ4v) is 7.26. The van der Waals surface area contributed by atoms with E-state index < -0.39 is 0 Å². The summed E-state index contributed by atoms with van der Waals surface area (Å²) in [5.74, 6) is 3.49. The molecule has 0 aromatic rings. The SMILES string of the molecule is C[N+]12C3CCC4CC[C@@H]1C1CC42CC13. The lowest BCUT2D eigenvalue weighted by atomic mass is 9.71. The van der Waals surface area contributed by atoms with E-state index >= 15 is 0 Å². The van der Waals surface area contributed by atoms with E-state index in [-0.39, 0.29) is 0 Å². The summed E-state index contributed by atoms with van der Waals surface area (Å²) >= 11 is 0. The van der Waals surface area contributed by atoms with Gasteiger partial charge in [0.05, 0.1) is 19.1 Å². The zero-order valence-electron chi connectivity index (χ0n) is 9.08. The first kappa shape index (κ1) is 7.27. The zero-order chi connectivity index (χ0) is 9.13. The van der Waals surface area contributed by atoms with Gasteiger partial charge in [-0.1, -0.05) is 0 Å². The fraction of sp³-hybridized carbons (Fsp3) is 1.00. The van der Waals surface area contributed by atoms with Crippen LogP contribution in [0.5, 0.6) is 0 Å². The predicted octanol–water partition coefficient (Wildman–Crippen LogP) is 2.17. The van der Waals surface area contributed by atoms with Crippen molar-refractivity contribution in [2.45, 2.75) is 56.1 Å². The summed E-state index contributed by atoms with van der Waals surface area (Å²) in [7, 11) is 2.65. The minimum Gasteiger partial charge on any atom is -0.316 e. The van der Waals surface area contributed by atoms with E-state index in [0.717, 1.165) is 23.5 Å². The molecule has 1 nitrogen and oxygen atoms in total. The zero-order valence-corrected chi connectivity index (χ0v) is 9.08. The Morgan fingerprint density at radius 1 is 0.929 bits per heavy atom. The Hall–Kier alpha value is -0.0400. The van der Waals surface area contributed by atoms with Crippen LogP contribution in [0.1, 0.15) is 38.5 Å². The molecular formula is C13H20N+. The van der Waals surface area contributed by atoms with Crippen LogP contribution in [0.2, 0.25) is 0 Å². The largest absolute Gasteiger partial charge is 0.316 e. The number of hydrogen-bond acceptors (Lipinski definition) is 0. The summed E-state index contributed by atoms with van der Waals surface area (Å²) in [6.07, 6.45) is 9.63. The molecule has 14 heavy (non-hydrogen) atoms. The van der Waals surface area contributed by atoms with E-state index in [0.29, 0.717) is 0 Å². The van der Waals surface area contributed by atoms with Crippen molar-refractivity contribution in [2.24, 2.45) is 17.8 Å². The number of quaternary nitrogens is 1. The highest BCUT2D eigenvalue weighted by Crippen LogP contribution is 2.76. The molecule has 1 saturated carbocycles. The Kier molecular flexibility index (Phi) is 0.886. The van der Waals surface area contributed by atoms with Crippen molar-refractivity contribution in [3.63, 3.8) is 0 Å². The van der Waals surface area contributed by atoms with E-state index in [4.69, 9.17) is 0 Å². The number of rotatable bonds is 0. The molecule has 0 amide bonds. The van der Waals surface area contributed by atoms with Crippen molar-refractivity contribution in [1.29, 1.82) is 0 Å². The molecule has 7 bridgehead atoms. The average molecular weight is 190 g/mol. The highest BCUT2D eigenvalue weighted by Gasteiger charge is 2.84. The van der Waals surface area contributed by atoms with Crippen molar-refractivity contribution < 1.29 is 4.48 Å². The molecule has 5 aliphatic heterocycles. The van der Waals surface area contributed by atoms with E-state index in [1.54, 1.807) is 43.0 Å². The molecule has 0 aromatic heterocycles. The molecule has 5 heterocycles. The molecule has 1 aliphatic carbocycles. The summed E-state index contributed by atoms with van der Waals surface area (Å²) in [6, 6.07) is 2.24. The minimum atomic E-state index is 0.834. The van der Waals surface area contributed by atoms with Crippen LogP contribution in [0.15, 0.2) is 0 Å². The molecule has 0 N–H and O–H groups in total. The van der Waals surface area contributed by atoms with Crippen molar-refractivity contribution >= 4 is 0 Å². The van der Waals surface area contributed by atoms with Crippen molar-refractivity contribution in [3.8, 4) is 0 Å². The lowest BCUT2D eigenvalue weighted by Crippen LogP contribution is -2.68. The first-order chi connectivity index (χ1) is 6.77. The molecule has 1 spiro atoms. The quantitative estimate of drug-likeness (QED) is 0.514. The van der Waals surface area contributed by atoms with Gasteiger partial charge in [0.2, 0.25) is 0 Å². The third-order valence-corrected chi connectivity index (χ3v) is 7.44. The number of nitrogens with zero attached hydrogens (tertiary/aromatic N) is 1. The van der Waals surface area contributed by atoms with E-state index in [1.807, 2.05) is 0 Å². The molecule has 0 aromatic carbocycles. The molecule has 0 radical (unpaired) electrons. The highest BCUT2D eigenvalue weighted by atomic mass is 15.5. The van der Waals surface area contributed by atoms with Crippen molar-refractivity contribution in [1.82, 2.24) is 0 Å². The maximum atomic E-state index is 2.65. The van der Waals surface area contributed by atoms with Crippen LogP contribution < -0.4 is 0 Å². The summed E-state index contributed by atoms with van der Waals surface area (Å²) < 4.78 is 1.58. The Bertz CT molecular complexity index is 310. The molecular weight excluding hydrogens is 170 g/mol. The molecule has 6 fully saturated rings. The summed E-state index contributed by atoms with van der Waals surface area (Å²) in [5, 5.41) is 0. The molecule has 1 heteroatoms. The molecule has 7 atom stereocenters. The van der Waals surface area contributed by atoms with Gasteiger partial charge in [-0.2, -0.15) is 0 Å². The fourth-order valence-electron chi connectivity index (χ4n) is 7.26. The maximum Gasteiger partial charge on any atom is 0.103 e. The van der Waals surface area contributed by atoms with Crippen molar-refractivity contribution in [3.05, 3.63) is 0 Å². The molecule has 6 rings (SSSR count). The number of hydrogen-bond donors (Lipinski definition) is 0. The average Bonchev–Trinajstić information content (AvgIpc) is 2.63. The molecule has 6 aliphatic rings. The standard InChI is InChI=1S/C13H20N/c1-14-11-4-2-8-3-5-12(14)10-7-13(8,14)6-9(10)11/h8-12H,2-7H2,1H3/q+1/t8?,9?,10?,11-,12?,13?,14?/m1/s1. The van der Waals surface area contributed by atoms with Gasteiger partial charge >= 0.3 is 0 Å². The molecule has 6 unspecified atom stereocenters. The monoisotopic (exact) mass is 190 g/mol. The smallest absolute Gasteiger partial charge is 0.103 e. The van der Waals surface area contributed by atoms with E-state index in [1.165, 1.54) is 11.8 Å². The topological polar surface area (TPSA) is 0 Å². The third kappa shape index (κ3) is 0.413. The van der Waals surface area contributed by atoms with Gasteiger partial charge in [-0.3, -0.25) is 0 Å². The van der Waals surface area contributed by atoms with Gasteiger partial charge in [-0.05, 0) is 12.8 Å². The Labute approximate surface area is 86.1 Å². The van der Waals surface area contributed by atoms with Crippen LogP contribution in [0.3, 0.4) is 0 Å². The second-order valence-corrected chi connectivity index (χ2v) is 6.97. The van der Waals surface area contributed by atoms with Gasteiger partial charge < -0.3 is 4.48 Å². The van der Waals surface area contributed by atoms with Crippen LogP contribution >= 0.6 is 0 Å². The Morgan fingerprint density at radius 3 is 2.00 bits per heavy atom. The van der Waals surface area contributed by atoms with Crippen LogP contribution in [0.4, 0.5) is 0 Å². The second-order valence-electron chi connectivity index (χ2n) is 6.97. The van der Waals surface area contributed by atoms with Gasteiger partial charge in [-0.25, -0.2) is 0 Å². The second kappa shape index (κ2) is 1.71. The summed E-state index contributed by atoms with van der Waals surface area (Å²) in [4.78, 5) is 0. The number of piperidine rings is 4.